The normalized spacial score (nSPS) is 10.5. The highest BCUT2D eigenvalue weighted by atomic mass is 16.6. The second-order valence-corrected chi connectivity index (χ2v) is 5.46. The number of nitro benzene ring substituents is 1. The van der Waals surface area contributed by atoms with E-state index in [1.165, 1.54) is 24.4 Å². The lowest BCUT2D eigenvalue weighted by Gasteiger charge is -2.05. The van der Waals surface area contributed by atoms with Crippen molar-refractivity contribution in [2.45, 2.75) is 0 Å². The molecule has 7 nitrogen and oxygen atoms in total. The van der Waals surface area contributed by atoms with E-state index >= 15 is 0 Å². The van der Waals surface area contributed by atoms with Gasteiger partial charge in [0.05, 0.1) is 11.1 Å². The highest BCUT2D eigenvalue weighted by Gasteiger charge is 2.18. The fraction of sp³-hybridized carbons (Fsp3) is 0. The standard InChI is InChI=1S/C20H15N3O4/c24-20(18-11-4-5-12-19(18)23(25)26)22-21-14-15-7-6-10-17(13-15)27-16-8-2-1-3-9-16/h1-14H,(H,22,24)/b21-14-. The smallest absolute Gasteiger partial charge is 0.282 e. The number of hydrogen-bond acceptors (Lipinski definition) is 5. The lowest BCUT2D eigenvalue weighted by atomic mass is 10.2. The largest absolute Gasteiger partial charge is 0.457 e. The maximum Gasteiger partial charge on any atom is 0.282 e. The van der Waals surface area contributed by atoms with E-state index in [0.29, 0.717) is 17.1 Å². The lowest BCUT2D eigenvalue weighted by Crippen LogP contribution is -2.18. The monoisotopic (exact) mass is 361 g/mol. The number of benzene rings is 3. The van der Waals surface area contributed by atoms with E-state index in [2.05, 4.69) is 10.5 Å². The summed E-state index contributed by atoms with van der Waals surface area (Å²) in [5.41, 5.74) is 2.67. The number of nitro groups is 1. The van der Waals surface area contributed by atoms with Gasteiger partial charge in [-0.25, -0.2) is 5.43 Å². The molecule has 0 unspecified atom stereocenters. The van der Waals surface area contributed by atoms with Crippen LogP contribution in [0, 0.1) is 10.1 Å². The minimum Gasteiger partial charge on any atom is -0.457 e. The number of hydrogen-bond donors (Lipinski definition) is 1. The fourth-order valence-corrected chi connectivity index (χ4v) is 2.33. The molecule has 3 aromatic carbocycles. The molecule has 0 aliphatic heterocycles. The molecule has 7 heteroatoms. The van der Waals surface area contributed by atoms with E-state index in [4.69, 9.17) is 4.74 Å². The number of para-hydroxylation sites is 2. The van der Waals surface area contributed by atoms with Gasteiger partial charge in [0, 0.05) is 6.07 Å². The van der Waals surface area contributed by atoms with Crippen molar-refractivity contribution in [2.24, 2.45) is 5.10 Å². The third-order valence-corrected chi connectivity index (χ3v) is 3.56. The zero-order chi connectivity index (χ0) is 19.1. The second-order valence-electron chi connectivity index (χ2n) is 5.46. The first kappa shape index (κ1) is 17.8. The van der Waals surface area contributed by atoms with Gasteiger partial charge < -0.3 is 4.74 Å². The summed E-state index contributed by atoms with van der Waals surface area (Å²) in [4.78, 5) is 22.5. The molecule has 0 radical (unpaired) electrons. The molecule has 0 aliphatic carbocycles. The van der Waals surface area contributed by atoms with E-state index in [-0.39, 0.29) is 11.3 Å². The molecular weight excluding hydrogens is 346 g/mol. The first-order chi connectivity index (χ1) is 13.1. The van der Waals surface area contributed by atoms with Crippen LogP contribution in [-0.2, 0) is 0 Å². The van der Waals surface area contributed by atoms with Crippen LogP contribution in [0.25, 0.3) is 0 Å². The first-order valence-corrected chi connectivity index (χ1v) is 8.03. The molecule has 3 rings (SSSR count). The van der Waals surface area contributed by atoms with Crippen LogP contribution >= 0.6 is 0 Å². The second kappa shape index (κ2) is 8.39. The Morgan fingerprint density at radius 1 is 0.963 bits per heavy atom. The maximum atomic E-state index is 12.1. The summed E-state index contributed by atoms with van der Waals surface area (Å²) in [7, 11) is 0. The van der Waals surface area contributed by atoms with Gasteiger partial charge in [-0.3, -0.25) is 14.9 Å². The van der Waals surface area contributed by atoms with Crippen molar-refractivity contribution in [3.63, 3.8) is 0 Å². The van der Waals surface area contributed by atoms with Crippen LogP contribution in [0.1, 0.15) is 15.9 Å². The summed E-state index contributed by atoms with van der Waals surface area (Å²) >= 11 is 0. The number of rotatable bonds is 6. The van der Waals surface area contributed by atoms with Crippen LogP contribution in [0.4, 0.5) is 5.69 Å². The van der Waals surface area contributed by atoms with Crippen molar-refractivity contribution in [1.82, 2.24) is 5.43 Å². The molecular formula is C20H15N3O4. The van der Waals surface area contributed by atoms with Crippen LogP contribution in [-0.4, -0.2) is 17.0 Å². The third-order valence-electron chi connectivity index (χ3n) is 3.56. The molecule has 1 amide bonds. The molecule has 0 aliphatic rings. The van der Waals surface area contributed by atoms with Crippen LogP contribution in [0.15, 0.2) is 84.0 Å². The van der Waals surface area contributed by atoms with Crippen LogP contribution in [0.5, 0.6) is 11.5 Å². The van der Waals surface area contributed by atoms with Gasteiger partial charge in [-0.15, -0.1) is 0 Å². The predicted octanol–water partition coefficient (Wildman–Crippen LogP) is 4.15. The Morgan fingerprint density at radius 2 is 1.67 bits per heavy atom. The Bertz CT molecular complexity index is 987. The Kier molecular flexibility index (Phi) is 5.54. The molecule has 0 atom stereocenters. The van der Waals surface area contributed by atoms with Crippen molar-refractivity contribution < 1.29 is 14.5 Å². The number of nitrogens with one attached hydrogen (secondary N) is 1. The molecule has 0 saturated heterocycles. The van der Waals surface area contributed by atoms with Gasteiger partial charge in [-0.2, -0.15) is 5.10 Å². The van der Waals surface area contributed by atoms with Crippen LogP contribution in [0.2, 0.25) is 0 Å². The Labute approximate surface area is 155 Å². The molecule has 0 spiro atoms. The number of hydrazone groups is 1. The number of carbonyl (C=O) groups is 1. The van der Waals surface area contributed by atoms with Crippen molar-refractivity contribution in [2.75, 3.05) is 0 Å². The minimum atomic E-state index is -0.657. The molecule has 0 fully saturated rings. The van der Waals surface area contributed by atoms with Crippen molar-refractivity contribution >= 4 is 17.8 Å². The summed E-state index contributed by atoms with van der Waals surface area (Å²) in [6.07, 6.45) is 1.44. The summed E-state index contributed by atoms with van der Waals surface area (Å²) < 4.78 is 5.73. The van der Waals surface area contributed by atoms with Gasteiger partial charge in [0.15, 0.2) is 0 Å². The number of carbonyl (C=O) groups excluding carboxylic acids is 1. The molecule has 134 valence electrons. The highest BCUT2D eigenvalue weighted by Crippen LogP contribution is 2.21. The average Bonchev–Trinajstić information content (AvgIpc) is 2.69. The van der Waals surface area contributed by atoms with Gasteiger partial charge in [-0.1, -0.05) is 42.5 Å². The van der Waals surface area contributed by atoms with Crippen molar-refractivity contribution in [3.8, 4) is 11.5 Å². The topological polar surface area (TPSA) is 93.8 Å². The summed E-state index contributed by atoms with van der Waals surface area (Å²) in [5.74, 6) is 0.668. The molecule has 3 aromatic rings. The molecule has 0 heterocycles. The van der Waals surface area contributed by atoms with E-state index in [0.717, 1.165) is 0 Å². The Hall–Kier alpha value is -4.00. The van der Waals surface area contributed by atoms with Gasteiger partial charge >= 0.3 is 0 Å². The zero-order valence-corrected chi connectivity index (χ0v) is 14.1. The number of nitrogens with zero attached hydrogens (tertiary/aromatic N) is 2. The van der Waals surface area contributed by atoms with Crippen molar-refractivity contribution in [1.29, 1.82) is 0 Å². The van der Waals surface area contributed by atoms with E-state index in [1.54, 1.807) is 30.3 Å². The van der Waals surface area contributed by atoms with Crippen molar-refractivity contribution in [3.05, 3.63) is 100 Å². The summed E-state index contributed by atoms with van der Waals surface area (Å²) in [6.45, 7) is 0. The van der Waals surface area contributed by atoms with Gasteiger partial charge in [0.1, 0.15) is 17.1 Å². The van der Waals surface area contributed by atoms with E-state index in [9.17, 15) is 14.9 Å². The van der Waals surface area contributed by atoms with Gasteiger partial charge in [0.25, 0.3) is 11.6 Å². The Balaban J connectivity index is 1.67. The number of amides is 1. The zero-order valence-electron chi connectivity index (χ0n) is 14.1. The Morgan fingerprint density at radius 3 is 2.44 bits per heavy atom. The van der Waals surface area contributed by atoms with Gasteiger partial charge in [0.2, 0.25) is 0 Å². The first-order valence-electron chi connectivity index (χ1n) is 8.03. The quantitative estimate of drug-likeness (QED) is 0.405. The summed E-state index contributed by atoms with van der Waals surface area (Å²) in [6, 6.07) is 22.2. The predicted molar refractivity (Wildman–Crippen MR) is 101 cm³/mol. The van der Waals surface area contributed by atoms with Crippen LogP contribution < -0.4 is 10.2 Å². The lowest BCUT2D eigenvalue weighted by molar-refractivity contribution is -0.385. The van der Waals surface area contributed by atoms with E-state index in [1.807, 2.05) is 30.3 Å². The number of ether oxygens (including phenoxy) is 1. The molecule has 27 heavy (non-hydrogen) atoms. The third kappa shape index (κ3) is 4.76. The maximum absolute atomic E-state index is 12.1. The molecule has 0 aromatic heterocycles. The minimum absolute atomic E-state index is 0.0548. The fourth-order valence-electron chi connectivity index (χ4n) is 2.33. The summed E-state index contributed by atoms with van der Waals surface area (Å²) in [5, 5.41) is 14.8. The average molecular weight is 361 g/mol. The molecule has 1 N–H and O–H groups in total. The highest BCUT2D eigenvalue weighted by molar-refractivity contribution is 5.98. The molecule has 0 bridgehead atoms. The SMILES string of the molecule is O=C(N/N=C\c1cccc(Oc2ccccc2)c1)c1ccccc1[N+](=O)[O-]. The van der Waals surface area contributed by atoms with E-state index < -0.39 is 10.8 Å². The van der Waals surface area contributed by atoms with Crippen LogP contribution in [0.3, 0.4) is 0 Å². The van der Waals surface area contributed by atoms with Gasteiger partial charge in [-0.05, 0) is 35.9 Å². The molecule has 0 saturated carbocycles.